The van der Waals surface area contributed by atoms with Crippen LogP contribution in [-0.4, -0.2) is 30.3 Å². The minimum absolute atomic E-state index is 0.103. The van der Waals surface area contributed by atoms with E-state index in [4.69, 9.17) is 15.4 Å². The van der Waals surface area contributed by atoms with Gasteiger partial charge < -0.3 is 4.74 Å². The lowest BCUT2D eigenvalue weighted by molar-refractivity contribution is 0.172. The molecule has 1 aromatic heterocycles. The van der Waals surface area contributed by atoms with E-state index in [2.05, 4.69) is 10.2 Å². The van der Waals surface area contributed by atoms with Crippen molar-refractivity contribution >= 4 is 19.7 Å². The summed E-state index contributed by atoms with van der Waals surface area (Å²) in [5, 5.41) is 7.01. The van der Waals surface area contributed by atoms with Crippen molar-refractivity contribution in [3.63, 3.8) is 0 Å². The number of hydrogen-bond donors (Lipinski definition) is 0. The zero-order valence-electron chi connectivity index (χ0n) is 8.64. The van der Waals surface area contributed by atoms with Crippen LogP contribution in [0.1, 0.15) is 25.7 Å². The summed E-state index contributed by atoms with van der Waals surface area (Å²) < 4.78 is 28.7. The Kier molecular flexibility index (Phi) is 3.69. The number of halogens is 1. The number of ether oxygens (including phenoxy) is 1. The fraction of sp³-hybridized carbons (Fsp3) is 0.714. The van der Waals surface area contributed by atoms with Crippen LogP contribution >= 0.6 is 10.7 Å². The molecule has 0 saturated heterocycles. The van der Waals surface area contributed by atoms with Crippen molar-refractivity contribution in [2.45, 2.75) is 31.7 Å². The van der Waals surface area contributed by atoms with Gasteiger partial charge in [0.25, 0.3) is 14.2 Å². The molecule has 0 unspecified atom stereocenters. The molecule has 6 nitrogen and oxygen atoms in total. The SMILES string of the molecule is COCc1nnc(S(=O)(=O)Cl)n1C(C)C. The van der Waals surface area contributed by atoms with Crippen LogP contribution in [0.4, 0.5) is 0 Å². The molecule has 1 aromatic rings. The molecule has 1 heterocycles. The van der Waals surface area contributed by atoms with Crippen LogP contribution in [0.15, 0.2) is 5.16 Å². The summed E-state index contributed by atoms with van der Waals surface area (Å²) in [6.07, 6.45) is 0. The number of rotatable bonds is 4. The van der Waals surface area contributed by atoms with E-state index in [1.54, 1.807) is 0 Å². The minimum Gasteiger partial charge on any atom is -0.377 e. The normalized spacial score (nSPS) is 12.3. The molecule has 0 aliphatic heterocycles. The first-order valence-electron chi connectivity index (χ1n) is 4.25. The van der Waals surface area contributed by atoms with Crippen molar-refractivity contribution in [2.24, 2.45) is 0 Å². The summed E-state index contributed by atoms with van der Waals surface area (Å²) in [6.45, 7) is 3.82. The van der Waals surface area contributed by atoms with Crippen molar-refractivity contribution in [1.82, 2.24) is 14.8 Å². The molecular formula is C7H12ClN3O3S. The van der Waals surface area contributed by atoms with Crippen molar-refractivity contribution < 1.29 is 13.2 Å². The van der Waals surface area contributed by atoms with Crippen LogP contribution in [0.5, 0.6) is 0 Å². The standard InChI is InChI=1S/C7H12ClN3O3S/c1-5(2)11-6(4-14-3)9-10-7(11)15(8,12)13/h5H,4H2,1-3H3. The molecule has 0 amide bonds. The Balaban J connectivity index is 3.31. The molecular weight excluding hydrogens is 242 g/mol. The third-order valence-corrected chi connectivity index (χ3v) is 2.87. The van der Waals surface area contributed by atoms with Crippen molar-refractivity contribution in [2.75, 3.05) is 7.11 Å². The van der Waals surface area contributed by atoms with Crippen LogP contribution < -0.4 is 0 Å². The Bertz CT molecular complexity index is 440. The minimum atomic E-state index is -3.87. The maximum Gasteiger partial charge on any atom is 0.296 e. The van der Waals surface area contributed by atoms with Gasteiger partial charge in [-0.25, -0.2) is 8.42 Å². The van der Waals surface area contributed by atoms with Gasteiger partial charge in [-0.05, 0) is 13.8 Å². The lowest BCUT2D eigenvalue weighted by Gasteiger charge is -2.11. The summed E-state index contributed by atoms with van der Waals surface area (Å²) in [5.41, 5.74) is 0. The zero-order chi connectivity index (χ0) is 11.6. The third-order valence-electron chi connectivity index (χ3n) is 1.74. The van der Waals surface area contributed by atoms with E-state index in [1.807, 2.05) is 13.8 Å². The Morgan fingerprint density at radius 2 is 2.07 bits per heavy atom. The van der Waals surface area contributed by atoms with E-state index in [1.165, 1.54) is 11.7 Å². The van der Waals surface area contributed by atoms with E-state index in [0.717, 1.165) is 0 Å². The molecule has 0 fully saturated rings. The fourth-order valence-corrected chi connectivity index (χ4v) is 2.23. The van der Waals surface area contributed by atoms with E-state index in [0.29, 0.717) is 5.82 Å². The molecule has 0 radical (unpaired) electrons. The molecule has 0 N–H and O–H groups in total. The largest absolute Gasteiger partial charge is 0.377 e. The van der Waals surface area contributed by atoms with Gasteiger partial charge in [-0.2, -0.15) is 0 Å². The Hall–Kier alpha value is -0.660. The first-order chi connectivity index (χ1) is 6.88. The Morgan fingerprint density at radius 1 is 1.47 bits per heavy atom. The highest BCUT2D eigenvalue weighted by atomic mass is 35.7. The maximum atomic E-state index is 11.2. The van der Waals surface area contributed by atoms with Gasteiger partial charge in [0, 0.05) is 23.8 Å². The molecule has 15 heavy (non-hydrogen) atoms. The van der Waals surface area contributed by atoms with Gasteiger partial charge in [-0.1, -0.05) is 0 Å². The van der Waals surface area contributed by atoms with Crippen molar-refractivity contribution in [3.8, 4) is 0 Å². The zero-order valence-corrected chi connectivity index (χ0v) is 10.2. The van der Waals surface area contributed by atoms with E-state index < -0.39 is 9.05 Å². The molecule has 1 rings (SSSR count). The predicted octanol–water partition coefficient (Wildman–Crippen LogP) is 0.933. The Labute approximate surface area is 92.6 Å². The lowest BCUT2D eigenvalue weighted by atomic mass is 10.4. The second kappa shape index (κ2) is 4.46. The summed E-state index contributed by atoms with van der Waals surface area (Å²) >= 11 is 0. The molecule has 0 aliphatic carbocycles. The summed E-state index contributed by atoms with van der Waals surface area (Å²) in [5.74, 6) is 0.437. The van der Waals surface area contributed by atoms with E-state index in [-0.39, 0.29) is 17.8 Å². The number of nitrogens with zero attached hydrogens (tertiary/aromatic N) is 3. The highest BCUT2D eigenvalue weighted by molar-refractivity contribution is 8.13. The smallest absolute Gasteiger partial charge is 0.296 e. The highest BCUT2D eigenvalue weighted by Crippen LogP contribution is 2.19. The first-order valence-corrected chi connectivity index (χ1v) is 6.56. The third kappa shape index (κ3) is 2.67. The van der Waals surface area contributed by atoms with Gasteiger partial charge in [0.1, 0.15) is 6.61 Å². The van der Waals surface area contributed by atoms with E-state index in [9.17, 15) is 8.42 Å². The average molecular weight is 254 g/mol. The molecule has 0 saturated carbocycles. The average Bonchev–Trinajstić information content (AvgIpc) is 2.47. The van der Waals surface area contributed by atoms with Crippen LogP contribution in [0.3, 0.4) is 0 Å². The highest BCUT2D eigenvalue weighted by Gasteiger charge is 2.23. The maximum absolute atomic E-state index is 11.2. The van der Waals surface area contributed by atoms with Gasteiger partial charge in [-0.15, -0.1) is 10.2 Å². The second-order valence-electron chi connectivity index (χ2n) is 3.23. The van der Waals surface area contributed by atoms with Gasteiger partial charge in [0.15, 0.2) is 5.82 Å². The molecule has 0 aromatic carbocycles. The molecule has 8 heteroatoms. The Morgan fingerprint density at radius 3 is 2.47 bits per heavy atom. The van der Waals surface area contributed by atoms with Crippen molar-refractivity contribution in [1.29, 1.82) is 0 Å². The van der Waals surface area contributed by atoms with Crippen LogP contribution in [0.2, 0.25) is 0 Å². The summed E-state index contributed by atoms with van der Waals surface area (Å²) in [6, 6.07) is -0.103. The second-order valence-corrected chi connectivity index (χ2v) is 5.69. The molecule has 0 atom stereocenters. The van der Waals surface area contributed by atoms with Crippen LogP contribution in [-0.2, 0) is 20.4 Å². The monoisotopic (exact) mass is 253 g/mol. The summed E-state index contributed by atoms with van der Waals surface area (Å²) in [4.78, 5) is 0. The number of aromatic nitrogens is 3. The molecule has 0 aliphatic rings. The predicted molar refractivity (Wildman–Crippen MR) is 54.2 cm³/mol. The van der Waals surface area contributed by atoms with Crippen LogP contribution in [0.25, 0.3) is 0 Å². The van der Waals surface area contributed by atoms with Gasteiger partial charge in [0.2, 0.25) is 0 Å². The fourth-order valence-electron chi connectivity index (χ4n) is 1.22. The summed E-state index contributed by atoms with van der Waals surface area (Å²) in [7, 11) is 2.85. The number of methoxy groups -OCH3 is 1. The van der Waals surface area contributed by atoms with Crippen molar-refractivity contribution in [3.05, 3.63) is 5.82 Å². The number of hydrogen-bond acceptors (Lipinski definition) is 5. The lowest BCUT2D eigenvalue weighted by Crippen LogP contribution is -2.12. The van der Waals surface area contributed by atoms with E-state index >= 15 is 0 Å². The molecule has 0 spiro atoms. The quantitative estimate of drug-likeness (QED) is 0.747. The molecule has 0 bridgehead atoms. The topological polar surface area (TPSA) is 74.1 Å². The van der Waals surface area contributed by atoms with Gasteiger partial charge in [-0.3, -0.25) is 4.57 Å². The van der Waals surface area contributed by atoms with Gasteiger partial charge >= 0.3 is 0 Å². The van der Waals surface area contributed by atoms with Gasteiger partial charge in [0.05, 0.1) is 0 Å². The molecule has 86 valence electrons. The van der Waals surface area contributed by atoms with Crippen LogP contribution in [0, 0.1) is 0 Å². The first kappa shape index (κ1) is 12.4.